The number of nitrogens with zero attached hydrogens (tertiary/aromatic N) is 1. The van der Waals surface area contributed by atoms with Crippen molar-refractivity contribution in [3.63, 3.8) is 0 Å². The molecule has 3 aromatic rings. The summed E-state index contributed by atoms with van der Waals surface area (Å²) in [6.45, 7) is 3.48. The molecular formula is C21H19F2N3O2. The minimum atomic E-state index is -1.06. The summed E-state index contributed by atoms with van der Waals surface area (Å²) in [5.41, 5.74) is 2.87. The summed E-state index contributed by atoms with van der Waals surface area (Å²) in [6.07, 6.45) is 0.674. The fourth-order valence-electron chi connectivity index (χ4n) is 3.02. The number of halogens is 2. The molecule has 1 aromatic heterocycles. The third kappa shape index (κ3) is 3.98. The van der Waals surface area contributed by atoms with Gasteiger partial charge in [0.05, 0.1) is 17.6 Å². The summed E-state index contributed by atoms with van der Waals surface area (Å²) in [6, 6.07) is 10.4. The number of hydrogen-bond acceptors (Lipinski definition) is 3. The van der Waals surface area contributed by atoms with Crippen LogP contribution < -0.4 is 10.6 Å². The molecule has 7 heteroatoms. The molecule has 2 N–H and O–H groups in total. The van der Waals surface area contributed by atoms with Crippen molar-refractivity contribution in [2.45, 2.75) is 20.3 Å². The molecule has 2 aromatic carbocycles. The molecule has 0 saturated carbocycles. The van der Waals surface area contributed by atoms with E-state index in [0.717, 1.165) is 23.4 Å². The number of carbonyl (C=O) groups excluding carboxylic acids is 2. The second-order valence-corrected chi connectivity index (χ2v) is 6.29. The molecule has 0 saturated heterocycles. The van der Waals surface area contributed by atoms with Crippen molar-refractivity contribution in [1.82, 2.24) is 10.3 Å². The van der Waals surface area contributed by atoms with Crippen LogP contribution in [0.5, 0.6) is 0 Å². The monoisotopic (exact) mass is 383 g/mol. The Morgan fingerprint density at radius 1 is 1.07 bits per heavy atom. The highest BCUT2D eigenvalue weighted by Gasteiger charge is 2.18. The summed E-state index contributed by atoms with van der Waals surface area (Å²) in [4.78, 5) is 29.4. The molecule has 0 unspecified atom stereocenters. The zero-order chi connectivity index (χ0) is 20.3. The average Bonchev–Trinajstić information content (AvgIpc) is 2.68. The first-order valence-corrected chi connectivity index (χ1v) is 8.82. The molecule has 0 atom stereocenters. The van der Waals surface area contributed by atoms with E-state index < -0.39 is 23.4 Å². The van der Waals surface area contributed by atoms with E-state index in [2.05, 4.69) is 15.6 Å². The third-order valence-corrected chi connectivity index (χ3v) is 4.41. The first kappa shape index (κ1) is 19.4. The Labute approximate surface area is 160 Å². The van der Waals surface area contributed by atoms with Crippen molar-refractivity contribution >= 4 is 28.4 Å². The number of anilines is 1. The van der Waals surface area contributed by atoms with Gasteiger partial charge in [-0.1, -0.05) is 25.1 Å². The maximum atomic E-state index is 13.2. The van der Waals surface area contributed by atoms with E-state index in [4.69, 9.17) is 0 Å². The number of hydrogen-bond donors (Lipinski definition) is 2. The Bertz CT molecular complexity index is 1070. The number of rotatable bonds is 5. The number of nitrogens with one attached hydrogen (secondary N) is 2. The SMILES string of the molecule is CCc1nc2ccccc2c(C(=O)NCC(=O)Nc2ccc(F)c(F)c2)c1C. The molecule has 0 bridgehead atoms. The number of aryl methyl sites for hydroxylation is 1. The smallest absolute Gasteiger partial charge is 0.252 e. The van der Waals surface area contributed by atoms with Gasteiger partial charge in [-0.15, -0.1) is 0 Å². The van der Waals surface area contributed by atoms with Crippen molar-refractivity contribution in [1.29, 1.82) is 0 Å². The van der Waals surface area contributed by atoms with Gasteiger partial charge in [0.2, 0.25) is 5.91 Å². The van der Waals surface area contributed by atoms with Crippen molar-refractivity contribution in [2.75, 3.05) is 11.9 Å². The van der Waals surface area contributed by atoms with E-state index >= 15 is 0 Å². The molecule has 0 radical (unpaired) electrons. The third-order valence-electron chi connectivity index (χ3n) is 4.41. The highest BCUT2D eigenvalue weighted by atomic mass is 19.2. The van der Waals surface area contributed by atoms with Crippen molar-refractivity contribution < 1.29 is 18.4 Å². The molecule has 0 aliphatic rings. The average molecular weight is 383 g/mol. The minimum absolute atomic E-state index is 0.108. The van der Waals surface area contributed by atoms with Gasteiger partial charge < -0.3 is 10.6 Å². The number of carbonyl (C=O) groups is 2. The molecule has 28 heavy (non-hydrogen) atoms. The van der Waals surface area contributed by atoms with Gasteiger partial charge in [0.1, 0.15) is 0 Å². The number of pyridine rings is 1. The Morgan fingerprint density at radius 2 is 1.82 bits per heavy atom. The summed E-state index contributed by atoms with van der Waals surface area (Å²) in [5.74, 6) is -3.01. The first-order valence-electron chi connectivity index (χ1n) is 8.82. The fourth-order valence-corrected chi connectivity index (χ4v) is 3.02. The van der Waals surface area contributed by atoms with Crippen LogP contribution in [0.2, 0.25) is 0 Å². The molecule has 0 aliphatic carbocycles. The van der Waals surface area contributed by atoms with Crippen molar-refractivity contribution in [3.05, 3.63) is 70.9 Å². The second-order valence-electron chi connectivity index (χ2n) is 6.29. The van der Waals surface area contributed by atoms with Crippen LogP contribution >= 0.6 is 0 Å². The van der Waals surface area contributed by atoms with Crippen molar-refractivity contribution in [2.24, 2.45) is 0 Å². The summed E-state index contributed by atoms with van der Waals surface area (Å²) >= 11 is 0. The van der Waals surface area contributed by atoms with Crippen LogP contribution in [-0.2, 0) is 11.2 Å². The van der Waals surface area contributed by atoms with Crippen LogP contribution in [-0.4, -0.2) is 23.3 Å². The minimum Gasteiger partial charge on any atom is -0.343 e. The van der Waals surface area contributed by atoms with Crippen LogP contribution in [0.1, 0.15) is 28.5 Å². The summed E-state index contributed by atoms with van der Waals surface area (Å²) in [7, 11) is 0. The Kier molecular flexibility index (Phi) is 5.63. The van der Waals surface area contributed by atoms with Crippen LogP contribution in [0, 0.1) is 18.6 Å². The maximum absolute atomic E-state index is 13.2. The van der Waals surface area contributed by atoms with E-state index in [1.165, 1.54) is 6.07 Å². The molecule has 0 spiro atoms. The van der Waals surface area contributed by atoms with E-state index in [-0.39, 0.29) is 12.2 Å². The second kappa shape index (κ2) is 8.12. The van der Waals surface area contributed by atoms with Crippen LogP contribution in [0.15, 0.2) is 42.5 Å². The lowest BCUT2D eigenvalue weighted by molar-refractivity contribution is -0.115. The Morgan fingerprint density at radius 3 is 2.54 bits per heavy atom. The van der Waals surface area contributed by atoms with E-state index in [9.17, 15) is 18.4 Å². The highest BCUT2D eigenvalue weighted by molar-refractivity contribution is 6.08. The molecule has 0 aliphatic heterocycles. The summed E-state index contributed by atoms with van der Waals surface area (Å²) in [5, 5.41) is 5.71. The standard InChI is InChI=1S/C21H19F2N3O2/c1-3-17-12(2)20(14-6-4-5-7-18(14)26-17)21(28)24-11-19(27)25-13-8-9-15(22)16(23)10-13/h4-10H,3,11H2,1-2H3,(H,24,28)(H,25,27). The Balaban J connectivity index is 1.77. The van der Waals surface area contributed by atoms with Gasteiger partial charge in [0.25, 0.3) is 5.91 Å². The number of amides is 2. The van der Waals surface area contributed by atoms with E-state index in [1.807, 2.05) is 38.1 Å². The molecular weight excluding hydrogens is 364 g/mol. The van der Waals surface area contributed by atoms with Gasteiger partial charge >= 0.3 is 0 Å². The van der Waals surface area contributed by atoms with Gasteiger partial charge in [-0.25, -0.2) is 8.78 Å². The van der Waals surface area contributed by atoms with E-state index in [1.54, 1.807) is 0 Å². The number of aromatic nitrogens is 1. The lowest BCUT2D eigenvalue weighted by Crippen LogP contribution is -2.33. The van der Waals surface area contributed by atoms with Gasteiger partial charge in [0.15, 0.2) is 11.6 Å². The molecule has 0 fully saturated rings. The Hall–Kier alpha value is -3.35. The lowest BCUT2D eigenvalue weighted by atomic mass is 9.99. The zero-order valence-electron chi connectivity index (χ0n) is 15.5. The van der Waals surface area contributed by atoms with Gasteiger partial charge in [-0.05, 0) is 37.1 Å². The highest BCUT2D eigenvalue weighted by Crippen LogP contribution is 2.23. The maximum Gasteiger partial charge on any atom is 0.252 e. The van der Waals surface area contributed by atoms with Crippen LogP contribution in [0.3, 0.4) is 0 Å². The molecule has 2 amide bonds. The number of benzene rings is 2. The predicted octanol–water partition coefficient (Wildman–Crippen LogP) is 3.75. The molecule has 144 valence electrons. The van der Waals surface area contributed by atoms with E-state index in [0.29, 0.717) is 22.9 Å². The van der Waals surface area contributed by atoms with Crippen LogP contribution in [0.25, 0.3) is 10.9 Å². The largest absolute Gasteiger partial charge is 0.343 e. The molecule has 1 heterocycles. The van der Waals surface area contributed by atoms with Crippen LogP contribution in [0.4, 0.5) is 14.5 Å². The summed E-state index contributed by atoms with van der Waals surface area (Å²) < 4.78 is 26.2. The normalized spacial score (nSPS) is 10.7. The number of fused-ring (bicyclic) bond motifs is 1. The first-order chi connectivity index (χ1) is 13.4. The fraction of sp³-hybridized carbons (Fsp3) is 0.190. The lowest BCUT2D eigenvalue weighted by Gasteiger charge is -2.14. The predicted molar refractivity (Wildman–Crippen MR) is 103 cm³/mol. The van der Waals surface area contributed by atoms with Gasteiger partial charge in [0, 0.05) is 22.8 Å². The quantitative estimate of drug-likeness (QED) is 0.705. The molecule has 5 nitrogen and oxygen atoms in total. The van der Waals surface area contributed by atoms with Crippen molar-refractivity contribution in [3.8, 4) is 0 Å². The molecule has 3 rings (SSSR count). The topological polar surface area (TPSA) is 71.1 Å². The zero-order valence-corrected chi connectivity index (χ0v) is 15.5. The van der Waals surface area contributed by atoms with Gasteiger partial charge in [-0.2, -0.15) is 0 Å². The van der Waals surface area contributed by atoms with Gasteiger partial charge in [-0.3, -0.25) is 14.6 Å². The number of para-hydroxylation sites is 1.